The molecule has 0 aliphatic carbocycles. The first-order valence-electron chi connectivity index (χ1n) is 7.50. The number of piperazine rings is 1. The average Bonchev–Trinajstić information content (AvgIpc) is 2.43. The van der Waals surface area contributed by atoms with Gasteiger partial charge in [-0.2, -0.15) is 17.0 Å². The van der Waals surface area contributed by atoms with Crippen LogP contribution >= 0.6 is 11.6 Å². The van der Waals surface area contributed by atoms with Crippen molar-refractivity contribution in [2.45, 2.75) is 44.7 Å². The van der Waals surface area contributed by atoms with Gasteiger partial charge >= 0.3 is 0 Å². The summed E-state index contributed by atoms with van der Waals surface area (Å²) in [5, 5.41) is 0. The fraction of sp³-hybridized carbons (Fsp3) is 1.00. The zero-order chi connectivity index (χ0) is 14.8. The first-order valence-corrected chi connectivity index (χ1v) is 9.43. The zero-order valence-corrected chi connectivity index (χ0v) is 14.0. The molecule has 0 amide bonds. The van der Waals surface area contributed by atoms with E-state index in [4.69, 9.17) is 11.6 Å². The predicted octanol–water partition coefficient (Wildman–Crippen LogP) is 1.35. The highest BCUT2D eigenvalue weighted by Gasteiger charge is 2.39. The second-order valence-corrected chi connectivity index (χ2v) is 8.30. The highest BCUT2D eigenvalue weighted by atomic mass is 35.5. The number of piperidine rings is 1. The maximum atomic E-state index is 12.7. The molecule has 0 radical (unpaired) electrons. The summed E-state index contributed by atoms with van der Waals surface area (Å²) in [4.78, 5) is 2.46. The van der Waals surface area contributed by atoms with Crippen molar-refractivity contribution in [1.29, 1.82) is 0 Å². The lowest BCUT2D eigenvalue weighted by Gasteiger charge is -2.47. The maximum absolute atomic E-state index is 12.7. The number of halogens is 1. The number of rotatable bonds is 5. The zero-order valence-electron chi connectivity index (χ0n) is 12.5. The molecular weight excluding hydrogens is 298 g/mol. The van der Waals surface area contributed by atoms with Crippen molar-refractivity contribution >= 4 is 21.8 Å². The van der Waals surface area contributed by atoms with Gasteiger partial charge in [-0.15, -0.1) is 11.6 Å². The van der Waals surface area contributed by atoms with Gasteiger partial charge in [-0.25, -0.2) is 0 Å². The van der Waals surface area contributed by atoms with Gasteiger partial charge in [0.2, 0.25) is 0 Å². The molecule has 0 aromatic heterocycles. The molecule has 2 atom stereocenters. The molecule has 2 rings (SSSR count). The van der Waals surface area contributed by atoms with Gasteiger partial charge in [-0.3, -0.25) is 4.90 Å². The highest BCUT2D eigenvalue weighted by molar-refractivity contribution is 7.86. The van der Waals surface area contributed by atoms with E-state index in [-0.39, 0.29) is 6.04 Å². The van der Waals surface area contributed by atoms with Gasteiger partial charge in [-0.1, -0.05) is 6.42 Å². The Bertz CT molecular complexity index is 418. The third-order valence-corrected chi connectivity index (χ3v) is 6.77. The Morgan fingerprint density at radius 2 is 2.05 bits per heavy atom. The standard InChI is InChI=1S/C13H26ClN3O2S/c1-12-10-16-9-4-3-6-13(16)11-17(12)20(18,19)15(2)8-5-7-14/h12-13H,3-11H2,1-2H3. The minimum Gasteiger partial charge on any atom is -0.297 e. The van der Waals surface area contributed by atoms with E-state index < -0.39 is 10.2 Å². The summed E-state index contributed by atoms with van der Waals surface area (Å²) < 4.78 is 28.5. The van der Waals surface area contributed by atoms with Crippen molar-refractivity contribution in [3.05, 3.63) is 0 Å². The Hall–Kier alpha value is 0.120. The molecule has 2 aliphatic heterocycles. The first-order chi connectivity index (χ1) is 9.46. The van der Waals surface area contributed by atoms with E-state index in [1.807, 2.05) is 6.92 Å². The van der Waals surface area contributed by atoms with E-state index in [1.165, 1.54) is 17.1 Å². The SMILES string of the molecule is CC1CN2CCCCC2CN1S(=O)(=O)N(C)CCCCl. The molecule has 2 saturated heterocycles. The Kier molecular flexibility index (Phi) is 5.71. The number of hydrogen-bond acceptors (Lipinski definition) is 3. The van der Waals surface area contributed by atoms with Crippen LogP contribution in [0.4, 0.5) is 0 Å². The van der Waals surface area contributed by atoms with Crippen molar-refractivity contribution in [3.8, 4) is 0 Å². The van der Waals surface area contributed by atoms with Gasteiger partial charge in [0.15, 0.2) is 0 Å². The molecule has 20 heavy (non-hydrogen) atoms. The van der Waals surface area contributed by atoms with E-state index in [2.05, 4.69) is 4.90 Å². The maximum Gasteiger partial charge on any atom is 0.282 e. The fourth-order valence-electron chi connectivity index (χ4n) is 3.22. The van der Waals surface area contributed by atoms with Crippen molar-refractivity contribution in [3.63, 3.8) is 0 Å². The minimum absolute atomic E-state index is 0.0489. The Balaban J connectivity index is 2.06. The molecule has 2 aliphatic rings. The summed E-state index contributed by atoms with van der Waals surface area (Å²) in [5.74, 6) is 0.492. The Labute approximate surface area is 128 Å². The summed E-state index contributed by atoms with van der Waals surface area (Å²) in [7, 11) is -1.70. The number of fused-ring (bicyclic) bond motifs is 1. The second kappa shape index (κ2) is 6.92. The third kappa shape index (κ3) is 3.47. The monoisotopic (exact) mass is 323 g/mol. The van der Waals surface area contributed by atoms with Gasteiger partial charge in [0, 0.05) is 44.6 Å². The number of hydrogen-bond donors (Lipinski definition) is 0. The first kappa shape index (κ1) is 16.5. The lowest BCUT2D eigenvalue weighted by Crippen LogP contribution is -2.61. The van der Waals surface area contributed by atoms with Crippen molar-refractivity contribution in [2.24, 2.45) is 0 Å². The van der Waals surface area contributed by atoms with Crippen LogP contribution in [0.2, 0.25) is 0 Å². The molecule has 5 nitrogen and oxygen atoms in total. The van der Waals surface area contributed by atoms with Crippen molar-refractivity contribution in [1.82, 2.24) is 13.5 Å². The van der Waals surface area contributed by atoms with Crippen LogP contribution in [0.25, 0.3) is 0 Å². The van der Waals surface area contributed by atoms with Crippen LogP contribution < -0.4 is 0 Å². The molecule has 0 aromatic rings. The van der Waals surface area contributed by atoms with Crippen LogP contribution in [-0.2, 0) is 10.2 Å². The van der Waals surface area contributed by atoms with E-state index in [9.17, 15) is 8.42 Å². The molecule has 0 N–H and O–H groups in total. The molecule has 0 saturated carbocycles. The topological polar surface area (TPSA) is 43.9 Å². The van der Waals surface area contributed by atoms with E-state index in [0.29, 0.717) is 31.4 Å². The summed E-state index contributed by atoms with van der Waals surface area (Å²) in [6.07, 6.45) is 4.26. The number of nitrogens with zero attached hydrogens (tertiary/aromatic N) is 3. The average molecular weight is 324 g/mol. The van der Waals surface area contributed by atoms with E-state index in [1.54, 1.807) is 11.4 Å². The van der Waals surface area contributed by atoms with Gasteiger partial charge in [0.05, 0.1) is 0 Å². The predicted molar refractivity (Wildman–Crippen MR) is 82.3 cm³/mol. The van der Waals surface area contributed by atoms with Crippen LogP contribution in [0.15, 0.2) is 0 Å². The normalized spacial score (nSPS) is 29.6. The Morgan fingerprint density at radius 1 is 1.30 bits per heavy atom. The molecular formula is C13H26ClN3O2S. The summed E-state index contributed by atoms with van der Waals surface area (Å²) in [5.41, 5.74) is 0. The summed E-state index contributed by atoms with van der Waals surface area (Å²) in [6, 6.07) is 0.448. The molecule has 2 heterocycles. The van der Waals surface area contributed by atoms with Crippen LogP contribution in [0, 0.1) is 0 Å². The molecule has 2 fully saturated rings. The van der Waals surface area contributed by atoms with Gasteiger partial charge in [0.25, 0.3) is 10.2 Å². The van der Waals surface area contributed by atoms with Gasteiger partial charge in [0.1, 0.15) is 0 Å². The van der Waals surface area contributed by atoms with Gasteiger partial charge < -0.3 is 0 Å². The van der Waals surface area contributed by atoms with Crippen molar-refractivity contribution in [2.75, 3.05) is 39.1 Å². The van der Waals surface area contributed by atoms with Crippen LogP contribution in [0.1, 0.15) is 32.6 Å². The van der Waals surface area contributed by atoms with E-state index >= 15 is 0 Å². The quantitative estimate of drug-likeness (QED) is 0.717. The summed E-state index contributed by atoms with van der Waals surface area (Å²) >= 11 is 5.66. The largest absolute Gasteiger partial charge is 0.297 e. The molecule has 0 aromatic carbocycles. The van der Waals surface area contributed by atoms with Crippen LogP contribution in [0.3, 0.4) is 0 Å². The van der Waals surface area contributed by atoms with Crippen LogP contribution in [0.5, 0.6) is 0 Å². The molecule has 0 bridgehead atoms. The van der Waals surface area contributed by atoms with Crippen molar-refractivity contribution < 1.29 is 8.42 Å². The van der Waals surface area contributed by atoms with Crippen LogP contribution in [-0.4, -0.2) is 73.1 Å². The molecule has 2 unspecified atom stereocenters. The third-order valence-electron chi connectivity index (χ3n) is 4.43. The number of alkyl halides is 1. The Morgan fingerprint density at radius 3 is 2.75 bits per heavy atom. The van der Waals surface area contributed by atoms with E-state index in [0.717, 1.165) is 19.5 Å². The smallest absolute Gasteiger partial charge is 0.282 e. The summed E-state index contributed by atoms with van der Waals surface area (Å²) in [6.45, 7) is 5.11. The fourth-order valence-corrected chi connectivity index (χ4v) is 4.94. The lowest BCUT2D eigenvalue weighted by molar-refractivity contribution is 0.0537. The molecule has 118 valence electrons. The second-order valence-electron chi connectivity index (χ2n) is 5.94. The minimum atomic E-state index is -3.35. The molecule has 0 spiro atoms. The highest BCUT2D eigenvalue weighted by Crippen LogP contribution is 2.26. The molecule has 7 heteroatoms. The lowest BCUT2D eigenvalue weighted by atomic mass is 9.99. The van der Waals surface area contributed by atoms with Gasteiger partial charge in [-0.05, 0) is 32.7 Å².